The number of hydrogen-bond acceptors (Lipinski definition) is 7. The molecule has 0 spiro atoms. The van der Waals surface area contributed by atoms with Gasteiger partial charge in [-0.2, -0.15) is 4.98 Å². The maximum atomic E-state index is 5.55. The minimum Gasteiger partial charge on any atom is -0.444 e. The van der Waals surface area contributed by atoms with Gasteiger partial charge in [-0.05, 0) is 26.0 Å². The summed E-state index contributed by atoms with van der Waals surface area (Å²) in [6, 6.07) is 7.71. The van der Waals surface area contributed by atoms with E-state index in [-0.39, 0.29) is 0 Å². The molecule has 7 heteroatoms. The molecule has 0 aliphatic rings. The zero-order chi connectivity index (χ0) is 14.8. The fraction of sp³-hybridized carbons (Fsp3) is 0.214. The van der Waals surface area contributed by atoms with Gasteiger partial charge in [0, 0.05) is 5.39 Å². The molecule has 0 aliphatic heterocycles. The van der Waals surface area contributed by atoms with Crippen molar-refractivity contribution in [3.05, 3.63) is 41.6 Å². The van der Waals surface area contributed by atoms with Crippen molar-refractivity contribution in [3.63, 3.8) is 0 Å². The van der Waals surface area contributed by atoms with E-state index in [4.69, 9.17) is 10.3 Å². The SMILES string of the molecule is Cc1nc(CNc2nc(NN)nc3ccccc23)oc1C. The van der Waals surface area contributed by atoms with Crippen LogP contribution in [0.3, 0.4) is 0 Å². The third-order valence-electron chi connectivity index (χ3n) is 3.21. The van der Waals surface area contributed by atoms with Gasteiger partial charge >= 0.3 is 0 Å². The van der Waals surface area contributed by atoms with Crippen LogP contribution in [-0.2, 0) is 6.54 Å². The highest BCUT2D eigenvalue weighted by atomic mass is 16.4. The first-order valence-electron chi connectivity index (χ1n) is 6.57. The van der Waals surface area contributed by atoms with E-state index in [1.165, 1.54) is 0 Å². The first kappa shape index (κ1) is 13.3. The first-order valence-corrected chi connectivity index (χ1v) is 6.57. The Kier molecular flexibility index (Phi) is 3.41. The molecule has 0 atom stereocenters. The zero-order valence-electron chi connectivity index (χ0n) is 11.8. The van der Waals surface area contributed by atoms with Crippen molar-refractivity contribution in [1.29, 1.82) is 0 Å². The molecule has 21 heavy (non-hydrogen) atoms. The number of aromatic nitrogens is 3. The molecule has 7 nitrogen and oxygen atoms in total. The van der Waals surface area contributed by atoms with Crippen molar-refractivity contribution in [3.8, 4) is 0 Å². The average Bonchev–Trinajstić information content (AvgIpc) is 2.83. The second-order valence-electron chi connectivity index (χ2n) is 4.66. The predicted molar refractivity (Wildman–Crippen MR) is 80.7 cm³/mol. The smallest absolute Gasteiger partial charge is 0.239 e. The molecule has 0 unspecified atom stereocenters. The molecule has 0 amide bonds. The Hall–Kier alpha value is -2.67. The van der Waals surface area contributed by atoms with E-state index in [0.29, 0.717) is 24.2 Å². The molecule has 1 aromatic carbocycles. The van der Waals surface area contributed by atoms with Gasteiger partial charge in [-0.3, -0.25) is 5.43 Å². The van der Waals surface area contributed by atoms with Crippen molar-refractivity contribution in [2.75, 3.05) is 10.7 Å². The van der Waals surface area contributed by atoms with Gasteiger partial charge in [0.15, 0.2) is 0 Å². The molecule has 3 rings (SSSR count). The van der Waals surface area contributed by atoms with Gasteiger partial charge in [0.1, 0.15) is 11.6 Å². The molecule has 2 aromatic heterocycles. The van der Waals surface area contributed by atoms with E-state index in [1.54, 1.807) is 0 Å². The zero-order valence-corrected chi connectivity index (χ0v) is 11.8. The molecule has 0 bridgehead atoms. The van der Waals surface area contributed by atoms with Gasteiger partial charge in [-0.15, -0.1) is 0 Å². The maximum absolute atomic E-state index is 5.55. The minimum absolute atomic E-state index is 0.357. The van der Waals surface area contributed by atoms with Gasteiger partial charge in [0.25, 0.3) is 0 Å². The number of anilines is 2. The molecule has 0 saturated heterocycles. The van der Waals surface area contributed by atoms with Crippen molar-refractivity contribution in [2.24, 2.45) is 5.84 Å². The van der Waals surface area contributed by atoms with E-state index in [0.717, 1.165) is 22.4 Å². The van der Waals surface area contributed by atoms with Gasteiger partial charge in [0.05, 0.1) is 17.8 Å². The Labute approximate surface area is 121 Å². The van der Waals surface area contributed by atoms with Gasteiger partial charge in [-0.1, -0.05) is 12.1 Å². The van der Waals surface area contributed by atoms with Gasteiger partial charge in [-0.25, -0.2) is 15.8 Å². The molecule has 108 valence electrons. The van der Waals surface area contributed by atoms with E-state index in [1.807, 2.05) is 38.1 Å². The topological polar surface area (TPSA) is 102 Å². The molecule has 0 radical (unpaired) electrons. The lowest BCUT2D eigenvalue weighted by atomic mass is 10.2. The first-order chi connectivity index (χ1) is 10.2. The van der Waals surface area contributed by atoms with Crippen molar-refractivity contribution in [2.45, 2.75) is 20.4 Å². The predicted octanol–water partition coefficient (Wildman–Crippen LogP) is 2.13. The number of fused-ring (bicyclic) bond motifs is 1. The third kappa shape index (κ3) is 2.63. The summed E-state index contributed by atoms with van der Waals surface area (Å²) in [7, 11) is 0. The van der Waals surface area contributed by atoms with Gasteiger partial charge in [0.2, 0.25) is 11.8 Å². The van der Waals surface area contributed by atoms with Crippen molar-refractivity contribution >= 4 is 22.7 Å². The van der Waals surface area contributed by atoms with Gasteiger partial charge < -0.3 is 9.73 Å². The number of nitrogens with two attached hydrogens (primary N) is 1. The monoisotopic (exact) mass is 284 g/mol. The maximum Gasteiger partial charge on any atom is 0.239 e. The van der Waals surface area contributed by atoms with Crippen LogP contribution in [0.2, 0.25) is 0 Å². The Morgan fingerprint density at radius 1 is 1.14 bits per heavy atom. The van der Waals surface area contributed by atoms with Crippen LogP contribution >= 0.6 is 0 Å². The highest BCUT2D eigenvalue weighted by molar-refractivity contribution is 5.89. The lowest BCUT2D eigenvalue weighted by Crippen LogP contribution is -2.12. The number of nitrogen functional groups attached to an aromatic ring is 1. The van der Waals surface area contributed by atoms with Crippen LogP contribution in [0.5, 0.6) is 0 Å². The summed E-state index contributed by atoms with van der Waals surface area (Å²) in [6.07, 6.45) is 0. The Bertz CT molecular complexity index is 763. The molecule has 0 aliphatic carbocycles. The summed E-state index contributed by atoms with van der Waals surface area (Å²) in [5.41, 5.74) is 4.17. The highest BCUT2D eigenvalue weighted by Gasteiger charge is 2.09. The third-order valence-corrected chi connectivity index (χ3v) is 3.21. The Balaban J connectivity index is 1.92. The lowest BCUT2D eigenvalue weighted by Gasteiger charge is -2.09. The molecule has 2 heterocycles. The van der Waals surface area contributed by atoms with E-state index < -0.39 is 0 Å². The summed E-state index contributed by atoms with van der Waals surface area (Å²) in [5, 5.41) is 4.13. The second-order valence-corrected chi connectivity index (χ2v) is 4.66. The Morgan fingerprint density at radius 2 is 1.95 bits per heavy atom. The van der Waals surface area contributed by atoms with Crippen LogP contribution in [0.15, 0.2) is 28.7 Å². The normalized spacial score (nSPS) is 10.8. The fourth-order valence-electron chi connectivity index (χ4n) is 2.05. The largest absolute Gasteiger partial charge is 0.444 e. The fourth-order valence-corrected chi connectivity index (χ4v) is 2.05. The van der Waals surface area contributed by atoms with Crippen LogP contribution in [0.25, 0.3) is 10.9 Å². The number of hydrazine groups is 1. The number of nitrogens with zero attached hydrogens (tertiary/aromatic N) is 3. The lowest BCUT2D eigenvalue weighted by molar-refractivity contribution is 0.478. The standard InChI is InChI=1S/C14H16N6O/c1-8-9(2)21-12(17-8)7-16-13-10-5-3-4-6-11(10)18-14(19-13)20-15/h3-6H,7,15H2,1-2H3,(H2,16,18,19,20). The van der Waals surface area contributed by atoms with Crippen LogP contribution in [0.1, 0.15) is 17.3 Å². The minimum atomic E-state index is 0.357. The van der Waals surface area contributed by atoms with E-state index in [9.17, 15) is 0 Å². The van der Waals surface area contributed by atoms with E-state index >= 15 is 0 Å². The van der Waals surface area contributed by atoms with Crippen molar-refractivity contribution < 1.29 is 4.42 Å². The molecule has 0 saturated carbocycles. The van der Waals surface area contributed by atoms with Crippen LogP contribution in [0.4, 0.5) is 11.8 Å². The number of para-hydroxylation sites is 1. The second kappa shape index (κ2) is 5.37. The van der Waals surface area contributed by atoms with Crippen LogP contribution in [-0.4, -0.2) is 15.0 Å². The van der Waals surface area contributed by atoms with Crippen molar-refractivity contribution in [1.82, 2.24) is 15.0 Å². The number of nitrogens with one attached hydrogen (secondary N) is 2. The highest BCUT2D eigenvalue weighted by Crippen LogP contribution is 2.22. The summed E-state index contributed by atoms with van der Waals surface area (Å²) in [5.74, 6) is 7.89. The summed E-state index contributed by atoms with van der Waals surface area (Å²) < 4.78 is 5.55. The average molecular weight is 284 g/mol. The number of hydrogen-bond donors (Lipinski definition) is 3. The number of oxazole rings is 1. The van der Waals surface area contributed by atoms with E-state index in [2.05, 4.69) is 25.7 Å². The Morgan fingerprint density at radius 3 is 2.67 bits per heavy atom. The molecule has 0 fully saturated rings. The summed E-state index contributed by atoms with van der Waals surface area (Å²) in [4.78, 5) is 13.0. The number of benzene rings is 1. The number of rotatable bonds is 4. The number of aryl methyl sites for hydroxylation is 2. The summed E-state index contributed by atoms with van der Waals surface area (Å²) >= 11 is 0. The quantitative estimate of drug-likeness (QED) is 0.498. The van der Waals surface area contributed by atoms with Crippen LogP contribution in [0, 0.1) is 13.8 Å². The summed E-state index contributed by atoms with van der Waals surface area (Å²) in [6.45, 7) is 4.25. The molecular formula is C14H16N6O. The van der Waals surface area contributed by atoms with Crippen LogP contribution < -0.4 is 16.6 Å². The molecular weight excluding hydrogens is 268 g/mol. The molecule has 3 aromatic rings. The molecule has 4 N–H and O–H groups in total.